The van der Waals surface area contributed by atoms with Crippen molar-refractivity contribution < 1.29 is 19.2 Å². The van der Waals surface area contributed by atoms with Gasteiger partial charge in [-0.05, 0) is 56.1 Å². The summed E-state index contributed by atoms with van der Waals surface area (Å²) in [7, 11) is 0. The van der Waals surface area contributed by atoms with Crippen LogP contribution >= 0.6 is 0 Å². The zero-order valence-electron chi connectivity index (χ0n) is 18.8. The number of carbonyl (C=O) groups is 4. The van der Waals surface area contributed by atoms with Gasteiger partial charge in [-0.25, -0.2) is 0 Å². The maximum atomic E-state index is 13.5. The van der Waals surface area contributed by atoms with E-state index in [4.69, 9.17) is 0 Å². The molecule has 0 bridgehead atoms. The molecular formula is C26H31N3O4. The van der Waals surface area contributed by atoms with Crippen molar-refractivity contribution in [3.05, 3.63) is 36.0 Å². The molecule has 2 saturated carbocycles. The van der Waals surface area contributed by atoms with E-state index in [1.54, 1.807) is 4.90 Å². The Morgan fingerprint density at radius 2 is 2.00 bits per heavy atom. The number of H-pyrrole nitrogens is 1. The number of nitrogens with one attached hydrogen (secondary N) is 2. The van der Waals surface area contributed by atoms with Gasteiger partial charge in [0.05, 0.1) is 6.04 Å². The summed E-state index contributed by atoms with van der Waals surface area (Å²) in [5.74, 6) is 0.00142. The first-order chi connectivity index (χ1) is 16.0. The SMILES string of the molecule is O=C[C@H](C[C@@H]1CCCCC1=O)NC(=O)[C@@H]1[C@H]2CCC[C@H]2CN1C(=O)c1cc2ccccc2[nH]1. The highest BCUT2D eigenvalue weighted by Crippen LogP contribution is 2.43. The van der Waals surface area contributed by atoms with E-state index in [2.05, 4.69) is 10.3 Å². The topological polar surface area (TPSA) is 99.3 Å². The molecule has 174 valence electrons. The molecule has 1 aliphatic heterocycles. The number of hydrogen-bond donors (Lipinski definition) is 2. The summed E-state index contributed by atoms with van der Waals surface area (Å²) in [5.41, 5.74) is 1.37. The number of carbonyl (C=O) groups excluding carboxylic acids is 4. The first-order valence-corrected chi connectivity index (χ1v) is 12.2. The van der Waals surface area contributed by atoms with Gasteiger partial charge in [-0.3, -0.25) is 14.4 Å². The van der Waals surface area contributed by atoms with Crippen molar-refractivity contribution in [3.8, 4) is 0 Å². The van der Waals surface area contributed by atoms with Crippen molar-refractivity contribution in [1.29, 1.82) is 0 Å². The molecule has 2 aliphatic carbocycles. The van der Waals surface area contributed by atoms with Gasteiger partial charge in [0, 0.05) is 29.8 Å². The fraction of sp³-hybridized carbons (Fsp3) is 0.538. The predicted molar refractivity (Wildman–Crippen MR) is 124 cm³/mol. The van der Waals surface area contributed by atoms with Gasteiger partial charge in [-0.15, -0.1) is 0 Å². The van der Waals surface area contributed by atoms with Gasteiger partial charge in [0.25, 0.3) is 5.91 Å². The first-order valence-electron chi connectivity index (χ1n) is 12.2. The molecule has 3 fully saturated rings. The van der Waals surface area contributed by atoms with Crippen LogP contribution in [0.3, 0.4) is 0 Å². The van der Waals surface area contributed by atoms with E-state index in [1.807, 2.05) is 30.3 Å². The Bertz CT molecular complexity index is 1040. The number of benzene rings is 1. The minimum absolute atomic E-state index is 0.113. The molecule has 0 unspecified atom stereocenters. The fourth-order valence-electron chi connectivity index (χ4n) is 6.22. The highest BCUT2D eigenvalue weighted by atomic mass is 16.2. The Balaban J connectivity index is 1.34. The van der Waals surface area contributed by atoms with Gasteiger partial charge in [0.2, 0.25) is 5.91 Å². The molecule has 7 heteroatoms. The van der Waals surface area contributed by atoms with Crippen LogP contribution in [0, 0.1) is 17.8 Å². The largest absolute Gasteiger partial charge is 0.351 e. The Labute approximate surface area is 193 Å². The lowest BCUT2D eigenvalue weighted by Gasteiger charge is -2.29. The number of ketones is 1. The molecule has 3 aliphatic rings. The van der Waals surface area contributed by atoms with Crippen LogP contribution < -0.4 is 5.32 Å². The van der Waals surface area contributed by atoms with Gasteiger partial charge in [-0.2, -0.15) is 0 Å². The number of likely N-dealkylation sites (tertiary alicyclic amines) is 1. The zero-order chi connectivity index (χ0) is 22.9. The van der Waals surface area contributed by atoms with Crippen LogP contribution in [0.15, 0.2) is 30.3 Å². The summed E-state index contributed by atoms with van der Waals surface area (Å²) in [6.45, 7) is 0.559. The van der Waals surface area contributed by atoms with Crippen molar-refractivity contribution >= 4 is 34.8 Å². The van der Waals surface area contributed by atoms with E-state index in [0.717, 1.165) is 55.7 Å². The van der Waals surface area contributed by atoms with Gasteiger partial charge < -0.3 is 20.0 Å². The Morgan fingerprint density at radius 1 is 1.15 bits per heavy atom. The lowest BCUT2D eigenvalue weighted by molar-refractivity contribution is -0.130. The summed E-state index contributed by atoms with van der Waals surface area (Å²) >= 11 is 0. The number of para-hydroxylation sites is 1. The van der Waals surface area contributed by atoms with Gasteiger partial charge >= 0.3 is 0 Å². The summed E-state index contributed by atoms with van der Waals surface area (Å²) in [4.78, 5) is 55.8. The predicted octanol–water partition coefficient (Wildman–Crippen LogP) is 3.24. The van der Waals surface area contributed by atoms with E-state index in [1.165, 1.54) is 0 Å². The summed E-state index contributed by atoms with van der Waals surface area (Å²) < 4.78 is 0. The average molecular weight is 450 g/mol. The molecule has 1 aromatic carbocycles. The molecule has 2 amide bonds. The Morgan fingerprint density at radius 3 is 2.79 bits per heavy atom. The second-order valence-electron chi connectivity index (χ2n) is 9.92. The molecule has 2 N–H and O–H groups in total. The lowest BCUT2D eigenvalue weighted by Crippen LogP contribution is -2.52. The smallest absolute Gasteiger partial charge is 0.271 e. The highest BCUT2D eigenvalue weighted by molar-refractivity contribution is 6.01. The number of aromatic nitrogens is 1. The van der Waals surface area contributed by atoms with Gasteiger partial charge in [0.15, 0.2) is 0 Å². The second kappa shape index (κ2) is 9.12. The van der Waals surface area contributed by atoms with Crippen molar-refractivity contribution in [2.75, 3.05) is 6.54 Å². The summed E-state index contributed by atoms with van der Waals surface area (Å²) in [5, 5.41) is 3.85. The highest BCUT2D eigenvalue weighted by Gasteiger charge is 2.50. The van der Waals surface area contributed by atoms with Crippen LogP contribution in [-0.4, -0.2) is 52.4 Å². The van der Waals surface area contributed by atoms with Crippen molar-refractivity contribution in [1.82, 2.24) is 15.2 Å². The third-order valence-corrected chi connectivity index (χ3v) is 7.89. The van der Waals surface area contributed by atoms with Gasteiger partial charge in [-0.1, -0.05) is 31.0 Å². The average Bonchev–Trinajstić information content (AvgIpc) is 3.53. The van der Waals surface area contributed by atoms with E-state index in [9.17, 15) is 19.2 Å². The molecule has 2 heterocycles. The van der Waals surface area contributed by atoms with Crippen LogP contribution in [0.2, 0.25) is 0 Å². The Hall–Kier alpha value is -2.96. The maximum Gasteiger partial charge on any atom is 0.271 e. The molecule has 1 aromatic heterocycles. The number of aldehydes is 1. The lowest BCUT2D eigenvalue weighted by atomic mass is 9.83. The van der Waals surface area contributed by atoms with Crippen molar-refractivity contribution in [2.45, 2.75) is 63.5 Å². The quantitative estimate of drug-likeness (QED) is 0.662. The number of rotatable bonds is 6. The van der Waals surface area contributed by atoms with Crippen LogP contribution in [0.5, 0.6) is 0 Å². The van der Waals surface area contributed by atoms with Gasteiger partial charge in [0.1, 0.15) is 23.8 Å². The molecule has 7 nitrogen and oxygen atoms in total. The molecule has 2 aromatic rings. The molecule has 5 atom stereocenters. The minimum Gasteiger partial charge on any atom is -0.351 e. The molecule has 5 rings (SSSR count). The van der Waals surface area contributed by atoms with Crippen molar-refractivity contribution in [2.24, 2.45) is 17.8 Å². The number of hydrogen-bond acceptors (Lipinski definition) is 4. The van der Waals surface area contributed by atoms with E-state index >= 15 is 0 Å². The standard InChI is InChI=1S/C26H31N3O4/c30-15-19(12-17-7-2-4-11-23(17)31)27-25(32)24-20-9-5-8-18(20)14-29(24)26(33)22-13-16-6-1-3-10-21(16)28-22/h1,3,6,10,13,15,17-20,24,28H,2,4-5,7-9,11-12,14H2,(H,27,32)/t17-,18-,19-,20-,24-/m0/s1. The number of Topliss-reactive ketones (excluding diaryl/α,β-unsaturated/α-hetero) is 1. The molecule has 1 saturated heterocycles. The minimum atomic E-state index is -0.699. The maximum absolute atomic E-state index is 13.5. The molecule has 0 spiro atoms. The zero-order valence-corrected chi connectivity index (χ0v) is 18.8. The molecule has 0 radical (unpaired) electrons. The van der Waals surface area contributed by atoms with Crippen molar-refractivity contribution in [3.63, 3.8) is 0 Å². The number of nitrogens with zero attached hydrogens (tertiary/aromatic N) is 1. The second-order valence-corrected chi connectivity index (χ2v) is 9.92. The van der Waals surface area contributed by atoms with Crippen LogP contribution in [0.1, 0.15) is 61.9 Å². The third kappa shape index (κ3) is 4.21. The number of fused-ring (bicyclic) bond motifs is 2. The Kier molecular flexibility index (Phi) is 6.04. The summed E-state index contributed by atoms with van der Waals surface area (Å²) in [6, 6.07) is 8.28. The third-order valence-electron chi connectivity index (χ3n) is 7.89. The van der Waals surface area contributed by atoms with Crippen LogP contribution in [-0.2, 0) is 14.4 Å². The summed E-state index contributed by atoms with van der Waals surface area (Å²) in [6.07, 6.45) is 7.29. The van der Waals surface area contributed by atoms with E-state index < -0.39 is 12.1 Å². The number of aromatic amines is 1. The van der Waals surface area contributed by atoms with Crippen LogP contribution in [0.4, 0.5) is 0 Å². The fourth-order valence-corrected chi connectivity index (χ4v) is 6.22. The normalized spacial score (nSPS) is 28.0. The molecule has 33 heavy (non-hydrogen) atoms. The monoisotopic (exact) mass is 449 g/mol. The first kappa shape index (κ1) is 21.9. The van der Waals surface area contributed by atoms with E-state index in [0.29, 0.717) is 31.0 Å². The molecular weight excluding hydrogens is 418 g/mol. The van der Waals surface area contributed by atoms with E-state index in [-0.39, 0.29) is 29.4 Å². The van der Waals surface area contributed by atoms with Crippen LogP contribution in [0.25, 0.3) is 10.9 Å². The number of amides is 2.